The van der Waals surface area contributed by atoms with E-state index in [1.807, 2.05) is 82.5 Å². The Kier molecular flexibility index (Phi) is 26.7. The maximum absolute atomic E-state index is 12.8. The molecule has 3 aromatic heterocycles. The summed E-state index contributed by atoms with van der Waals surface area (Å²) in [7, 11) is 9.85. The molecule has 0 atom stereocenters. The van der Waals surface area contributed by atoms with E-state index >= 15 is 0 Å². The lowest BCUT2D eigenvalue weighted by Crippen LogP contribution is -2.53. The Morgan fingerprint density at radius 2 is 0.712 bits per heavy atom. The molecule has 0 unspecified atom stereocenters. The number of nitrogens with zero attached hydrogens (tertiary/aromatic N) is 17. The van der Waals surface area contributed by atoms with Gasteiger partial charge in [-0.2, -0.15) is 0 Å². The number of rotatable bonds is 5. The number of benzene rings is 3. The second-order valence-corrected chi connectivity index (χ2v) is 31.3. The third-order valence-corrected chi connectivity index (χ3v) is 23.7. The fourth-order valence-corrected chi connectivity index (χ4v) is 18.0. The summed E-state index contributed by atoms with van der Waals surface area (Å²) in [5, 5.41) is 19.8. The van der Waals surface area contributed by atoms with Crippen LogP contribution in [0.2, 0.25) is 22.3 Å². The van der Waals surface area contributed by atoms with Gasteiger partial charge in [0, 0.05) is 146 Å². The van der Waals surface area contributed by atoms with Gasteiger partial charge in [0.25, 0.3) is 0 Å². The summed E-state index contributed by atoms with van der Waals surface area (Å²) in [6.45, 7) is 19.1. The Morgan fingerprint density at radius 3 is 1.02 bits per heavy atom. The van der Waals surface area contributed by atoms with Gasteiger partial charge in [-0.1, -0.05) is 89.4 Å². The van der Waals surface area contributed by atoms with Crippen LogP contribution in [0.3, 0.4) is 0 Å². The number of para-hydroxylation sites is 3. The van der Waals surface area contributed by atoms with Gasteiger partial charge in [-0.15, -0.1) is 0 Å². The van der Waals surface area contributed by atoms with Crippen molar-refractivity contribution >= 4 is 88.7 Å². The smallest absolute Gasteiger partial charge is 0.427 e. The number of aryl methyl sites for hydroxylation is 1. The van der Waals surface area contributed by atoms with Gasteiger partial charge >= 0.3 is 25.2 Å². The molecule has 9 aliphatic heterocycles. The number of piperidine rings is 6. The molecule has 0 saturated carbocycles. The highest BCUT2D eigenvalue weighted by atomic mass is 35.5. The number of carbonyl (C=O) groups excluding carboxylic acids is 3. The lowest BCUT2D eigenvalue weighted by molar-refractivity contribution is 0.0915. The monoisotopic (exact) mass is 1480 g/mol. The predicted octanol–water partition coefficient (Wildman–Crippen LogP) is 11.2. The molecule has 15 rings (SSSR count). The molecule has 3 aromatic carbocycles. The van der Waals surface area contributed by atoms with Crippen molar-refractivity contribution in [1.82, 2.24) is 64.6 Å². The molecule has 560 valence electrons. The molecule has 6 saturated heterocycles. The minimum atomic E-state index is -1.17. The quantitative estimate of drug-likeness (QED) is 0.137. The molecule has 9 aliphatic rings. The molecule has 0 aliphatic carbocycles. The van der Waals surface area contributed by atoms with Crippen molar-refractivity contribution in [2.75, 3.05) is 165 Å². The molecule has 27 heteroatoms. The minimum absolute atomic E-state index is 0.0749. The molecule has 12 heterocycles. The highest BCUT2D eigenvalue weighted by Crippen LogP contribution is 2.50. The number of aromatic nitrogens is 6. The number of urea groups is 3. The van der Waals surface area contributed by atoms with Crippen LogP contribution in [0.4, 0.5) is 43.1 Å². The van der Waals surface area contributed by atoms with Crippen LogP contribution < -0.4 is 29.8 Å². The van der Waals surface area contributed by atoms with E-state index in [4.69, 9.17) is 44.9 Å². The first-order valence-electron chi connectivity index (χ1n) is 37.5. The molecule has 3 spiro atoms. The van der Waals surface area contributed by atoms with E-state index in [0.29, 0.717) is 27.5 Å². The average molecular weight is 1480 g/mol. The van der Waals surface area contributed by atoms with Gasteiger partial charge in [-0.25, -0.2) is 29.3 Å². The first kappa shape index (κ1) is 78.1. The third-order valence-electron chi connectivity index (χ3n) is 23.2. The van der Waals surface area contributed by atoms with Crippen LogP contribution in [-0.4, -0.2) is 253 Å². The number of amides is 6. The topological polar surface area (TPSA) is 217 Å². The highest BCUT2D eigenvalue weighted by molar-refractivity contribution is 6.39. The van der Waals surface area contributed by atoms with Crippen LogP contribution in [0.5, 0.6) is 0 Å². The first-order valence-corrected chi connectivity index (χ1v) is 38.6. The van der Waals surface area contributed by atoms with E-state index in [1.54, 1.807) is 20.9 Å². The molecule has 6 aromatic rings. The van der Waals surface area contributed by atoms with Gasteiger partial charge in [-0.05, 0) is 197 Å². The van der Waals surface area contributed by atoms with Crippen molar-refractivity contribution in [2.24, 2.45) is 0 Å². The number of likely N-dealkylation sites (tertiary alicyclic amines) is 3. The molecule has 3 N–H and O–H groups in total. The summed E-state index contributed by atoms with van der Waals surface area (Å²) >= 11 is 16.8. The van der Waals surface area contributed by atoms with Crippen molar-refractivity contribution in [3.63, 3.8) is 0 Å². The Hall–Kier alpha value is -7.00. The number of hydrogen-bond acceptors (Lipinski definition) is 17. The second-order valence-electron chi connectivity index (χ2n) is 30.2. The summed E-state index contributed by atoms with van der Waals surface area (Å²) in [5.74, 6) is 1.90. The summed E-state index contributed by atoms with van der Waals surface area (Å²) in [6, 6.07) is 28.1. The standard InChI is InChI=1S/C26H36N6O.C25H33ClN6O.C21H32N4O.C4H2Cl2N2.CH5BO2/c1-20-18-27-19-24(28-20)31-13-8-21(9-14-31)30-15-10-26(11-16-30)12-17-32(25(33)29(2)3)23-7-5-4-6-22(23)26;1-29(2)24(33)32-16-11-25(20-5-3-4-6-21(20)32)9-14-30(15-10-25)19-7-12-31(13-8-19)23-18-27-17-22(26)28-23;1-23(2)20(26)25-16-11-21(18-5-3-4-6-19(18)25)9-14-24(15-10-21)17-7-12-22-13-8-17;5-3-1-7-2-4(6)8-3;1-2(3)4/h4-7,18-19,21H,8-17H2,1-3H3;3-6,17-19H,7-16H2,1-2H3;3-6,17,22H,7-16H2,1-2H3;1-2H;3-4H,1H3. The number of nitrogens with one attached hydrogen (secondary N) is 1. The maximum atomic E-state index is 12.8. The summed E-state index contributed by atoms with van der Waals surface area (Å²) in [4.78, 5) is 86.8. The molecular weight excluding hydrogens is 1370 g/mol. The predicted molar refractivity (Wildman–Crippen MR) is 418 cm³/mol. The number of halogens is 3. The van der Waals surface area contributed by atoms with E-state index in [1.165, 1.54) is 100 Å². The van der Waals surface area contributed by atoms with Gasteiger partial charge < -0.3 is 54.6 Å². The van der Waals surface area contributed by atoms with E-state index in [9.17, 15) is 14.4 Å². The summed E-state index contributed by atoms with van der Waals surface area (Å²) in [5.41, 5.74) is 9.10. The van der Waals surface area contributed by atoms with Gasteiger partial charge in [0.05, 0.1) is 36.7 Å². The average Bonchev–Trinajstić information content (AvgIpc) is 0.760. The number of carbonyl (C=O) groups is 3. The van der Waals surface area contributed by atoms with Gasteiger partial charge in [0.15, 0.2) is 0 Å². The Bertz CT molecular complexity index is 3620. The lowest BCUT2D eigenvalue weighted by Gasteiger charge is -2.50. The summed E-state index contributed by atoms with van der Waals surface area (Å²) in [6.07, 6.45) is 27.5. The Balaban J connectivity index is 0.000000145. The number of hydrogen-bond donors (Lipinski definition) is 3. The van der Waals surface area contributed by atoms with Crippen molar-refractivity contribution in [1.29, 1.82) is 0 Å². The largest absolute Gasteiger partial charge is 0.448 e. The van der Waals surface area contributed by atoms with Gasteiger partial charge in [0.2, 0.25) is 0 Å². The van der Waals surface area contributed by atoms with Crippen molar-refractivity contribution in [3.05, 3.63) is 148 Å². The van der Waals surface area contributed by atoms with E-state index in [0.717, 1.165) is 170 Å². The van der Waals surface area contributed by atoms with Crippen LogP contribution in [0.15, 0.2) is 110 Å². The van der Waals surface area contributed by atoms with Crippen LogP contribution in [0.1, 0.15) is 119 Å². The van der Waals surface area contributed by atoms with Crippen molar-refractivity contribution in [3.8, 4) is 0 Å². The maximum Gasteiger partial charge on any atom is 0.448 e. The van der Waals surface area contributed by atoms with Crippen molar-refractivity contribution < 1.29 is 24.4 Å². The number of anilines is 5. The zero-order valence-electron chi connectivity index (χ0n) is 62.3. The minimum Gasteiger partial charge on any atom is -0.427 e. The lowest BCUT2D eigenvalue weighted by atomic mass is 9.67. The van der Waals surface area contributed by atoms with Crippen molar-refractivity contribution in [2.45, 2.75) is 144 Å². The zero-order valence-corrected chi connectivity index (χ0v) is 64.5. The number of fused-ring (bicyclic) bond motifs is 6. The molecule has 0 bridgehead atoms. The molecule has 6 amide bonds. The molecular formula is C77H108BCl3N18O5. The summed E-state index contributed by atoms with van der Waals surface area (Å²) < 4.78 is 0. The van der Waals surface area contributed by atoms with Gasteiger partial charge in [0.1, 0.15) is 27.1 Å². The highest BCUT2D eigenvalue weighted by Gasteiger charge is 2.47. The molecule has 0 radical (unpaired) electrons. The third kappa shape index (κ3) is 18.7. The van der Waals surface area contributed by atoms with Crippen LogP contribution in [-0.2, 0) is 16.2 Å². The van der Waals surface area contributed by atoms with E-state index in [-0.39, 0.29) is 34.3 Å². The fourth-order valence-electron chi connectivity index (χ4n) is 17.5. The van der Waals surface area contributed by atoms with E-state index in [2.05, 4.69) is 133 Å². The zero-order chi connectivity index (χ0) is 73.7. The molecule has 23 nitrogen and oxygen atoms in total. The normalized spacial score (nSPS) is 20.3. The van der Waals surface area contributed by atoms with Crippen LogP contribution in [0.25, 0.3) is 0 Å². The Labute approximate surface area is 631 Å². The molecule has 104 heavy (non-hydrogen) atoms. The second kappa shape index (κ2) is 35.6. The Morgan fingerprint density at radius 1 is 0.423 bits per heavy atom. The molecule has 6 fully saturated rings. The first-order chi connectivity index (χ1) is 50.1. The fraction of sp³-hybridized carbons (Fsp3) is 0.571. The van der Waals surface area contributed by atoms with E-state index < -0.39 is 7.12 Å². The van der Waals surface area contributed by atoms with Crippen LogP contribution in [0, 0.1) is 6.92 Å². The SMILES string of the molecule is CB(O)O.CN(C)C(=O)N1CCC2(CCN(C3CCN(c4cncc(Cl)n4)CC3)CC2)c2ccccc21.CN(C)C(=O)N1CCC2(CCN(C3CCNCC3)CC2)c2ccccc21.Cc1cncc(N2CCC(N3CCC4(CCN(C(=O)N(C)C)c5ccccc54)CC3)CC2)n1.Clc1cncc(Cl)n1. The van der Waals surface area contributed by atoms with Crippen LogP contribution >= 0.6 is 34.8 Å². The van der Waals surface area contributed by atoms with Gasteiger partial charge in [-0.3, -0.25) is 29.7 Å².